The fourth-order valence-corrected chi connectivity index (χ4v) is 1.27. The van der Waals surface area contributed by atoms with Crippen molar-refractivity contribution in [3.63, 3.8) is 0 Å². The van der Waals surface area contributed by atoms with Gasteiger partial charge in [-0.1, -0.05) is 0 Å². The molecule has 0 fully saturated rings. The molecule has 0 spiro atoms. The van der Waals surface area contributed by atoms with Gasteiger partial charge in [0, 0.05) is 12.1 Å². The lowest BCUT2D eigenvalue weighted by molar-refractivity contribution is -0.384. The molecule has 1 rings (SSSR count). The lowest BCUT2D eigenvalue weighted by Crippen LogP contribution is -1.98. The van der Waals surface area contributed by atoms with Gasteiger partial charge in [0.05, 0.1) is 9.82 Å². The second kappa shape index (κ2) is 3.17. The number of nitro groups is 1. The van der Waals surface area contributed by atoms with E-state index < -0.39 is 14.6 Å². The van der Waals surface area contributed by atoms with Crippen molar-refractivity contribution < 1.29 is 13.3 Å². The van der Waals surface area contributed by atoms with E-state index in [2.05, 4.69) is 0 Å². The summed E-state index contributed by atoms with van der Waals surface area (Å²) in [7, 11) is 1.02. The van der Waals surface area contributed by atoms with E-state index >= 15 is 0 Å². The summed E-state index contributed by atoms with van der Waals surface area (Å²) in [6, 6.07) is 4.35. The maximum atomic E-state index is 10.7. The predicted molar refractivity (Wildman–Crippen MR) is 46.0 cm³/mol. The first-order valence-electron chi connectivity index (χ1n) is 3.18. The zero-order chi connectivity index (χ0) is 10.1. The number of hydrogen-bond donors (Lipinski definition) is 0. The van der Waals surface area contributed by atoms with Crippen LogP contribution >= 0.6 is 0 Å². The number of non-ortho nitro benzene ring substituents is 1. The monoisotopic (exact) mass is 197 g/mol. The summed E-state index contributed by atoms with van der Waals surface area (Å²) in [4.78, 5) is 9.43. The standard InChI is InChI=1S/C6H4BNO4S/c7-13(11,12)6-3-1-5(2-4-6)8(9)10/h1-4H. The van der Waals surface area contributed by atoms with Crippen LogP contribution in [0.4, 0.5) is 5.69 Å². The summed E-state index contributed by atoms with van der Waals surface area (Å²) < 4.78 is 21.4. The highest BCUT2D eigenvalue weighted by atomic mass is 32.2. The first-order valence-corrected chi connectivity index (χ1v) is 4.73. The van der Waals surface area contributed by atoms with E-state index in [0.717, 1.165) is 24.3 Å². The van der Waals surface area contributed by atoms with Gasteiger partial charge in [-0.25, -0.2) is 8.42 Å². The molecular weight excluding hydrogens is 193 g/mol. The zero-order valence-corrected chi connectivity index (χ0v) is 7.19. The van der Waals surface area contributed by atoms with Crippen LogP contribution in [0.3, 0.4) is 0 Å². The van der Waals surface area contributed by atoms with Gasteiger partial charge in [0.1, 0.15) is 9.69 Å². The van der Waals surface area contributed by atoms with Crippen molar-refractivity contribution in [3.8, 4) is 0 Å². The topological polar surface area (TPSA) is 77.3 Å². The Hall–Kier alpha value is -1.37. The van der Waals surface area contributed by atoms with Crippen molar-refractivity contribution in [1.29, 1.82) is 0 Å². The highest BCUT2D eigenvalue weighted by molar-refractivity contribution is 8.12. The van der Waals surface area contributed by atoms with Crippen molar-refractivity contribution >= 4 is 22.5 Å². The Balaban J connectivity index is 3.16. The van der Waals surface area contributed by atoms with Crippen LogP contribution in [0.5, 0.6) is 0 Å². The quantitative estimate of drug-likeness (QED) is 0.391. The SMILES string of the molecule is [B]S(=O)(=O)c1ccc([N+](=O)[O-])cc1. The number of hydrogen-bond acceptors (Lipinski definition) is 4. The first-order chi connectivity index (χ1) is 5.91. The molecule has 66 valence electrons. The van der Waals surface area contributed by atoms with Crippen LogP contribution in [0.15, 0.2) is 29.2 Å². The van der Waals surface area contributed by atoms with Gasteiger partial charge < -0.3 is 0 Å². The molecule has 0 aliphatic heterocycles. The third-order valence-corrected chi connectivity index (χ3v) is 2.31. The third kappa shape index (κ3) is 2.28. The number of nitro benzene ring substituents is 1. The molecule has 0 heterocycles. The molecule has 0 bridgehead atoms. The molecule has 1 aromatic rings. The molecular formula is C6H4BNO4S. The highest BCUT2D eigenvalue weighted by Gasteiger charge is 2.09. The molecule has 0 saturated heterocycles. The minimum absolute atomic E-state index is 0.141. The summed E-state index contributed by atoms with van der Waals surface area (Å²) in [6.07, 6.45) is 0. The lowest BCUT2D eigenvalue weighted by Gasteiger charge is -1.96. The summed E-state index contributed by atoms with van der Waals surface area (Å²) in [5, 5.41) is 10.2. The second-order valence-corrected chi connectivity index (χ2v) is 3.86. The molecule has 0 atom stereocenters. The molecule has 0 saturated carbocycles. The van der Waals surface area contributed by atoms with Crippen molar-refractivity contribution in [2.75, 3.05) is 0 Å². The summed E-state index contributed by atoms with van der Waals surface area (Å²) >= 11 is 0. The van der Waals surface area contributed by atoms with Crippen LogP contribution < -0.4 is 0 Å². The normalized spacial score (nSPS) is 11.1. The molecule has 0 N–H and O–H groups in total. The maximum absolute atomic E-state index is 10.7. The summed E-state index contributed by atoms with van der Waals surface area (Å²) in [5.74, 6) is 0. The van der Waals surface area contributed by atoms with E-state index in [-0.39, 0.29) is 10.6 Å². The van der Waals surface area contributed by atoms with Crippen molar-refractivity contribution in [3.05, 3.63) is 34.4 Å². The van der Waals surface area contributed by atoms with Gasteiger partial charge in [-0.2, -0.15) is 0 Å². The van der Waals surface area contributed by atoms with Gasteiger partial charge in [0.25, 0.3) is 12.8 Å². The molecule has 0 aromatic heterocycles. The van der Waals surface area contributed by atoms with E-state index in [1.54, 1.807) is 0 Å². The first kappa shape index (κ1) is 9.72. The number of benzene rings is 1. The zero-order valence-electron chi connectivity index (χ0n) is 6.38. The van der Waals surface area contributed by atoms with Crippen molar-refractivity contribution in [2.24, 2.45) is 0 Å². The Bertz CT molecular complexity index is 424. The molecule has 7 heteroatoms. The Morgan fingerprint density at radius 1 is 1.23 bits per heavy atom. The predicted octanol–water partition coefficient (Wildman–Crippen LogP) is 0.452. The largest absolute Gasteiger partial charge is 0.269 e. The van der Waals surface area contributed by atoms with Crippen LogP contribution in [0.1, 0.15) is 0 Å². The van der Waals surface area contributed by atoms with Crippen molar-refractivity contribution in [2.45, 2.75) is 4.90 Å². The molecule has 0 aliphatic carbocycles. The minimum atomic E-state index is -3.77. The van der Waals surface area contributed by atoms with Gasteiger partial charge in [-0.05, 0) is 12.1 Å². The molecule has 5 nitrogen and oxygen atoms in total. The third-order valence-electron chi connectivity index (χ3n) is 1.38. The Morgan fingerprint density at radius 2 is 1.69 bits per heavy atom. The fraction of sp³-hybridized carbons (Fsp3) is 0. The number of nitrogens with zero attached hydrogens (tertiary/aromatic N) is 1. The summed E-state index contributed by atoms with van der Waals surface area (Å²) in [6.45, 7) is 0. The van der Waals surface area contributed by atoms with Crippen LogP contribution in [-0.4, -0.2) is 20.5 Å². The van der Waals surface area contributed by atoms with E-state index in [1.165, 1.54) is 0 Å². The molecule has 0 unspecified atom stereocenters. The minimum Gasteiger partial charge on any atom is -0.258 e. The second-order valence-electron chi connectivity index (χ2n) is 2.30. The van der Waals surface area contributed by atoms with Crippen LogP contribution in [0.2, 0.25) is 0 Å². The molecule has 1 aromatic carbocycles. The average molecular weight is 197 g/mol. The van der Waals surface area contributed by atoms with Gasteiger partial charge in [0.15, 0.2) is 0 Å². The average Bonchev–Trinajstić information content (AvgIpc) is 2.03. The Labute approximate surface area is 75.8 Å². The van der Waals surface area contributed by atoms with E-state index in [1.807, 2.05) is 0 Å². The van der Waals surface area contributed by atoms with Crippen LogP contribution in [0.25, 0.3) is 0 Å². The molecule has 13 heavy (non-hydrogen) atoms. The summed E-state index contributed by atoms with van der Waals surface area (Å²) in [5.41, 5.74) is -0.174. The van der Waals surface area contributed by atoms with E-state index in [9.17, 15) is 18.5 Å². The Morgan fingerprint density at radius 3 is 2.00 bits per heavy atom. The van der Waals surface area contributed by atoms with E-state index in [4.69, 9.17) is 7.12 Å². The van der Waals surface area contributed by atoms with Gasteiger partial charge in [-0.15, -0.1) is 0 Å². The smallest absolute Gasteiger partial charge is 0.258 e. The lowest BCUT2D eigenvalue weighted by atomic mass is 10.3. The van der Waals surface area contributed by atoms with Crippen LogP contribution in [0, 0.1) is 10.1 Å². The van der Waals surface area contributed by atoms with Gasteiger partial charge in [-0.3, -0.25) is 10.1 Å². The fourth-order valence-electron chi connectivity index (χ4n) is 0.758. The molecule has 0 amide bonds. The van der Waals surface area contributed by atoms with Gasteiger partial charge in [0.2, 0.25) is 0 Å². The maximum Gasteiger partial charge on any atom is 0.269 e. The van der Waals surface area contributed by atoms with Crippen molar-refractivity contribution in [1.82, 2.24) is 0 Å². The van der Waals surface area contributed by atoms with Crippen LogP contribution in [-0.2, 0) is 9.69 Å². The number of rotatable bonds is 2. The van der Waals surface area contributed by atoms with Gasteiger partial charge >= 0.3 is 0 Å². The molecule has 0 aliphatic rings. The van der Waals surface area contributed by atoms with E-state index in [0.29, 0.717) is 0 Å². The Kier molecular flexibility index (Phi) is 2.37. The molecule has 2 radical (unpaired) electrons. The highest BCUT2D eigenvalue weighted by Crippen LogP contribution is 2.14.